The summed E-state index contributed by atoms with van der Waals surface area (Å²) in [4.78, 5) is 0. The monoisotopic (exact) mass is 229 g/mol. The quantitative estimate of drug-likeness (QED) is 0.827. The molecule has 0 bridgehead atoms. The third-order valence-electron chi connectivity index (χ3n) is 4.91. The molecule has 0 spiro atoms. The van der Waals surface area contributed by atoms with Gasteiger partial charge in [-0.15, -0.1) is 0 Å². The summed E-state index contributed by atoms with van der Waals surface area (Å²) >= 11 is 0. The van der Waals surface area contributed by atoms with Crippen LogP contribution in [0.15, 0.2) is 18.2 Å². The van der Waals surface area contributed by atoms with Crippen LogP contribution in [0.5, 0.6) is 0 Å². The van der Waals surface area contributed by atoms with E-state index in [9.17, 15) is 0 Å². The molecule has 0 amide bonds. The summed E-state index contributed by atoms with van der Waals surface area (Å²) in [6, 6.07) is 7.20. The lowest BCUT2D eigenvalue weighted by Crippen LogP contribution is -2.37. The van der Waals surface area contributed by atoms with E-state index < -0.39 is 0 Å². The van der Waals surface area contributed by atoms with Gasteiger partial charge in [-0.05, 0) is 48.8 Å². The Bertz CT molecular complexity index is 402. The fraction of sp³-hybridized carbons (Fsp3) is 0.625. The Hall–Kier alpha value is -0.820. The number of hydrogen-bond donors (Lipinski definition) is 1. The Balaban J connectivity index is 1.96. The first kappa shape index (κ1) is 11.3. The van der Waals surface area contributed by atoms with Crippen molar-refractivity contribution in [2.75, 3.05) is 6.54 Å². The first-order valence-electron chi connectivity index (χ1n) is 7.16. The third kappa shape index (κ3) is 1.91. The number of rotatable bonds is 2. The molecule has 0 radical (unpaired) electrons. The van der Waals surface area contributed by atoms with Crippen molar-refractivity contribution in [3.8, 4) is 0 Å². The van der Waals surface area contributed by atoms with Gasteiger partial charge in [0.15, 0.2) is 0 Å². The summed E-state index contributed by atoms with van der Waals surface area (Å²) in [7, 11) is 0. The van der Waals surface area contributed by atoms with Gasteiger partial charge < -0.3 is 5.73 Å². The lowest BCUT2D eigenvalue weighted by Gasteiger charge is -2.37. The van der Waals surface area contributed by atoms with Crippen LogP contribution in [0.1, 0.15) is 55.2 Å². The molecular weight excluding hydrogens is 206 g/mol. The molecule has 1 nitrogen and oxygen atoms in total. The molecule has 2 aliphatic rings. The van der Waals surface area contributed by atoms with Gasteiger partial charge in [0.2, 0.25) is 0 Å². The maximum Gasteiger partial charge on any atom is 0.00756 e. The Kier molecular flexibility index (Phi) is 2.96. The van der Waals surface area contributed by atoms with E-state index >= 15 is 0 Å². The predicted octanol–water partition coefficient (Wildman–Crippen LogP) is 3.34. The molecule has 17 heavy (non-hydrogen) atoms. The van der Waals surface area contributed by atoms with Crippen molar-refractivity contribution in [3.05, 3.63) is 34.9 Å². The van der Waals surface area contributed by atoms with Gasteiger partial charge in [-0.25, -0.2) is 0 Å². The second-order valence-electron chi connectivity index (χ2n) is 5.88. The number of fused-ring (bicyclic) bond motifs is 1. The second kappa shape index (κ2) is 4.45. The highest BCUT2D eigenvalue weighted by atomic mass is 14.6. The van der Waals surface area contributed by atoms with Crippen LogP contribution in [0.4, 0.5) is 0 Å². The number of benzene rings is 1. The fourth-order valence-corrected chi connectivity index (χ4v) is 3.74. The normalized spacial score (nSPS) is 22.4. The summed E-state index contributed by atoms with van der Waals surface area (Å²) < 4.78 is 0. The van der Waals surface area contributed by atoms with Crippen LogP contribution in [0.25, 0.3) is 0 Å². The molecule has 3 rings (SSSR count). The Morgan fingerprint density at radius 1 is 0.941 bits per heavy atom. The summed E-state index contributed by atoms with van der Waals surface area (Å²) in [5.41, 5.74) is 11.1. The summed E-state index contributed by atoms with van der Waals surface area (Å²) in [5.74, 6) is 0. The lowest BCUT2D eigenvalue weighted by atomic mass is 9.69. The average molecular weight is 229 g/mol. The van der Waals surface area contributed by atoms with Gasteiger partial charge in [0.05, 0.1) is 0 Å². The molecule has 1 aromatic rings. The van der Waals surface area contributed by atoms with E-state index in [4.69, 9.17) is 5.73 Å². The van der Waals surface area contributed by atoms with Gasteiger partial charge in [-0.2, -0.15) is 0 Å². The van der Waals surface area contributed by atoms with Crippen LogP contribution in [-0.4, -0.2) is 6.54 Å². The van der Waals surface area contributed by atoms with E-state index in [0.29, 0.717) is 5.41 Å². The minimum atomic E-state index is 0.301. The first-order chi connectivity index (χ1) is 8.34. The highest BCUT2D eigenvalue weighted by molar-refractivity contribution is 5.39. The zero-order chi connectivity index (χ0) is 11.7. The smallest absolute Gasteiger partial charge is 0.00756 e. The molecule has 1 heteroatoms. The highest BCUT2D eigenvalue weighted by Gasteiger charge is 2.33. The van der Waals surface area contributed by atoms with Crippen LogP contribution in [-0.2, 0) is 18.3 Å². The SMILES string of the molecule is NCC1(c2ccc3c(c2)CCC3)CCCCC1. The summed E-state index contributed by atoms with van der Waals surface area (Å²) in [5, 5.41) is 0. The minimum Gasteiger partial charge on any atom is -0.330 e. The summed E-state index contributed by atoms with van der Waals surface area (Å²) in [6.07, 6.45) is 10.6. The molecule has 0 aromatic heterocycles. The van der Waals surface area contributed by atoms with E-state index in [0.717, 1.165) is 6.54 Å². The van der Waals surface area contributed by atoms with Gasteiger partial charge in [0.1, 0.15) is 0 Å². The van der Waals surface area contributed by atoms with Crippen LogP contribution < -0.4 is 5.73 Å². The Labute approximate surface area is 104 Å². The molecule has 1 aromatic carbocycles. The van der Waals surface area contributed by atoms with E-state index in [-0.39, 0.29) is 0 Å². The van der Waals surface area contributed by atoms with Gasteiger partial charge in [-0.3, -0.25) is 0 Å². The van der Waals surface area contributed by atoms with Crippen LogP contribution >= 0.6 is 0 Å². The topological polar surface area (TPSA) is 26.0 Å². The van der Waals surface area contributed by atoms with E-state index in [1.54, 1.807) is 11.1 Å². The maximum atomic E-state index is 6.12. The van der Waals surface area contributed by atoms with E-state index in [2.05, 4.69) is 18.2 Å². The highest BCUT2D eigenvalue weighted by Crippen LogP contribution is 2.40. The molecule has 0 aliphatic heterocycles. The predicted molar refractivity (Wildman–Crippen MR) is 72.3 cm³/mol. The van der Waals surface area contributed by atoms with E-state index in [1.165, 1.54) is 56.9 Å². The number of nitrogens with two attached hydrogens (primary N) is 1. The summed E-state index contributed by atoms with van der Waals surface area (Å²) in [6.45, 7) is 0.825. The lowest BCUT2D eigenvalue weighted by molar-refractivity contribution is 0.300. The van der Waals surface area contributed by atoms with Crippen molar-refractivity contribution in [2.45, 2.75) is 56.8 Å². The van der Waals surface area contributed by atoms with Gasteiger partial charge >= 0.3 is 0 Å². The molecule has 2 N–H and O–H groups in total. The average Bonchev–Trinajstić information content (AvgIpc) is 2.86. The second-order valence-corrected chi connectivity index (χ2v) is 5.88. The van der Waals surface area contributed by atoms with Crippen molar-refractivity contribution in [2.24, 2.45) is 5.73 Å². The maximum absolute atomic E-state index is 6.12. The molecule has 1 saturated carbocycles. The van der Waals surface area contributed by atoms with Crippen molar-refractivity contribution < 1.29 is 0 Å². The van der Waals surface area contributed by atoms with Crippen molar-refractivity contribution >= 4 is 0 Å². The molecule has 92 valence electrons. The first-order valence-corrected chi connectivity index (χ1v) is 7.16. The Morgan fingerprint density at radius 2 is 1.71 bits per heavy atom. The molecule has 1 fully saturated rings. The molecule has 2 aliphatic carbocycles. The van der Waals surface area contributed by atoms with Crippen LogP contribution in [0.3, 0.4) is 0 Å². The molecule has 0 unspecified atom stereocenters. The van der Waals surface area contributed by atoms with Crippen molar-refractivity contribution in [3.63, 3.8) is 0 Å². The standard InChI is InChI=1S/C16H23N/c17-12-16(9-2-1-3-10-16)15-8-7-13-5-4-6-14(13)11-15/h7-8,11H,1-6,9-10,12,17H2. The van der Waals surface area contributed by atoms with Crippen molar-refractivity contribution in [1.82, 2.24) is 0 Å². The Morgan fingerprint density at radius 3 is 2.47 bits per heavy atom. The zero-order valence-electron chi connectivity index (χ0n) is 10.7. The van der Waals surface area contributed by atoms with Gasteiger partial charge in [-0.1, -0.05) is 37.5 Å². The molecule has 0 heterocycles. The molecule has 0 saturated heterocycles. The third-order valence-corrected chi connectivity index (χ3v) is 4.91. The van der Waals surface area contributed by atoms with Crippen LogP contribution in [0, 0.1) is 0 Å². The minimum absolute atomic E-state index is 0.301. The molecule has 0 atom stereocenters. The number of aryl methyl sites for hydroxylation is 2. The number of hydrogen-bond acceptors (Lipinski definition) is 1. The van der Waals surface area contributed by atoms with Crippen LogP contribution in [0.2, 0.25) is 0 Å². The van der Waals surface area contributed by atoms with Crippen molar-refractivity contribution in [1.29, 1.82) is 0 Å². The molecular formula is C16H23N. The zero-order valence-corrected chi connectivity index (χ0v) is 10.7. The van der Waals surface area contributed by atoms with Gasteiger partial charge in [0, 0.05) is 12.0 Å². The fourth-order valence-electron chi connectivity index (χ4n) is 3.74. The largest absolute Gasteiger partial charge is 0.330 e. The van der Waals surface area contributed by atoms with Gasteiger partial charge in [0.25, 0.3) is 0 Å². The van der Waals surface area contributed by atoms with E-state index in [1.807, 2.05) is 0 Å².